The molecule has 0 saturated heterocycles. The predicted octanol–water partition coefficient (Wildman–Crippen LogP) is 1.54. The highest BCUT2D eigenvalue weighted by molar-refractivity contribution is 7.89. The molecule has 1 aliphatic carbocycles. The van der Waals surface area contributed by atoms with Crippen molar-refractivity contribution in [1.82, 2.24) is 15.4 Å². The van der Waals surface area contributed by atoms with Crippen molar-refractivity contribution in [2.45, 2.75) is 63.3 Å². The highest BCUT2D eigenvalue weighted by Gasteiger charge is 2.18. The number of sulfonamides is 1. The molecule has 0 unspecified atom stereocenters. The molecule has 1 aliphatic rings. The number of rotatable bonds is 7. The Bertz CT molecular complexity index is 769. The lowest BCUT2D eigenvalue weighted by Gasteiger charge is -2.16. The number of carbonyl (C=O) groups excluding carboxylic acids is 2. The summed E-state index contributed by atoms with van der Waals surface area (Å²) in [5, 5.41) is 5.39. The summed E-state index contributed by atoms with van der Waals surface area (Å²) in [5.74, 6) is -0.786. The second-order valence-electron chi connectivity index (χ2n) is 7.10. The van der Waals surface area contributed by atoms with Gasteiger partial charge in [0, 0.05) is 6.04 Å². The lowest BCUT2D eigenvalue weighted by molar-refractivity contribution is -0.125. The van der Waals surface area contributed by atoms with E-state index in [0.717, 1.165) is 36.8 Å². The van der Waals surface area contributed by atoms with Gasteiger partial charge in [0.1, 0.15) is 0 Å². The van der Waals surface area contributed by atoms with Crippen LogP contribution in [0, 0.1) is 13.8 Å². The van der Waals surface area contributed by atoms with Gasteiger partial charge < -0.3 is 10.6 Å². The largest absolute Gasteiger partial charge is 0.352 e. The van der Waals surface area contributed by atoms with Gasteiger partial charge in [-0.25, -0.2) is 13.1 Å². The third-order valence-electron chi connectivity index (χ3n) is 4.88. The number of hydrogen-bond acceptors (Lipinski definition) is 4. The van der Waals surface area contributed by atoms with Gasteiger partial charge in [-0.1, -0.05) is 31.7 Å². The molecule has 0 atom stereocenters. The summed E-state index contributed by atoms with van der Waals surface area (Å²) >= 11 is 0. The summed E-state index contributed by atoms with van der Waals surface area (Å²) in [6, 6.07) is 4.96. The van der Waals surface area contributed by atoms with Gasteiger partial charge in [0.05, 0.1) is 18.0 Å². The normalized spacial score (nSPS) is 15.8. The van der Waals surface area contributed by atoms with E-state index < -0.39 is 22.5 Å². The van der Waals surface area contributed by atoms with E-state index in [9.17, 15) is 18.0 Å². The van der Waals surface area contributed by atoms with Crippen LogP contribution in [0.4, 0.5) is 0 Å². The Morgan fingerprint density at radius 2 is 1.63 bits per heavy atom. The van der Waals surface area contributed by atoms with Crippen LogP contribution >= 0.6 is 0 Å². The summed E-state index contributed by atoms with van der Waals surface area (Å²) in [5.41, 5.74) is 1.85. The summed E-state index contributed by atoms with van der Waals surface area (Å²) in [6.07, 6.45) is 6.55. The average Bonchev–Trinajstić information content (AvgIpc) is 2.89. The second kappa shape index (κ2) is 9.85. The van der Waals surface area contributed by atoms with Crippen LogP contribution in [0.5, 0.6) is 0 Å². The Labute approximate surface area is 161 Å². The number of benzene rings is 1. The maximum absolute atomic E-state index is 12.3. The van der Waals surface area contributed by atoms with Gasteiger partial charge >= 0.3 is 0 Å². The fraction of sp³-hybridized carbons (Fsp3) is 0.579. The summed E-state index contributed by atoms with van der Waals surface area (Å²) in [4.78, 5) is 23.9. The zero-order valence-electron chi connectivity index (χ0n) is 16.0. The monoisotopic (exact) mass is 395 g/mol. The maximum atomic E-state index is 12.3. The summed E-state index contributed by atoms with van der Waals surface area (Å²) in [6.45, 7) is 3.16. The number of hydrogen-bond donors (Lipinski definition) is 3. The van der Waals surface area contributed by atoms with Gasteiger partial charge in [-0.05, 0) is 49.9 Å². The highest BCUT2D eigenvalue weighted by atomic mass is 32.2. The van der Waals surface area contributed by atoms with E-state index in [4.69, 9.17) is 0 Å². The molecule has 1 aromatic rings. The molecule has 2 amide bonds. The van der Waals surface area contributed by atoms with E-state index in [1.807, 2.05) is 13.8 Å². The fourth-order valence-electron chi connectivity index (χ4n) is 3.07. The Morgan fingerprint density at radius 1 is 0.963 bits per heavy atom. The molecule has 1 fully saturated rings. The van der Waals surface area contributed by atoms with Crippen molar-refractivity contribution < 1.29 is 18.0 Å². The average molecular weight is 396 g/mol. The van der Waals surface area contributed by atoms with Crippen molar-refractivity contribution in [2.24, 2.45) is 0 Å². The van der Waals surface area contributed by atoms with Crippen molar-refractivity contribution in [3.05, 3.63) is 29.3 Å². The third kappa shape index (κ3) is 6.95. The van der Waals surface area contributed by atoms with E-state index in [-0.39, 0.29) is 23.4 Å². The third-order valence-corrected chi connectivity index (χ3v) is 6.28. The molecule has 1 saturated carbocycles. The molecular formula is C19H29N3O4S. The van der Waals surface area contributed by atoms with Gasteiger partial charge in [0.2, 0.25) is 21.8 Å². The van der Waals surface area contributed by atoms with Crippen molar-refractivity contribution in [2.75, 3.05) is 13.1 Å². The van der Waals surface area contributed by atoms with E-state index in [2.05, 4.69) is 15.4 Å². The van der Waals surface area contributed by atoms with E-state index >= 15 is 0 Å². The van der Waals surface area contributed by atoms with Gasteiger partial charge in [-0.3, -0.25) is 9.59 Å². The molecule has 1 aromatic carbocycles. The van der Waals surface area contributed by atoms with Gasteiger partial charge in [0.25, 0.3) is 0 Å². The first-order valence-corrected chi connectivity index (χ1v) is 10.9. The fourth-order valence-corrected chi connectivity index (χ4v) is 4.14. The van der Waals surface area contributed by atoms with Crippen LogP contribution in [0.15, 0.2) is 23.1 Å². The first-order valence-electron chi connectivity index (χ1n) is 9.41. The van der Waals surface area contributed by atoms with Crippen LogP contribution in [-0.2, 0) is 19.6 Å². The second-order valence-corrected chi connectivity index (χ2v) is 8.87. The molecule has 8 heteroatoms. The molecule has 0 spiro atoms. The smallest absolute Gasteiger partial charge is 0.241 e. The molecule has 0 heterocycles. The molecular weight excluding hydrogens is 366 g/mol. The first kappa shape index (κ1) is 21.4. The highest BCUT2D eigenvalue weighted by Crippen LogP contribution is 2.17. The SMILES string of the molecule is Cc1ccc(S(=O)(=O)NCC(=O)NCC(=O)NC2CCCCCC2)cc1C. The minimum absolute atomic E-state index is 0.115. The lowest BCUT2D eigenvalue weighted by Crippen LogP contribution is -2.44. The lowest BCUT2D eigenvalue weighted by atomic mass is 10.1. The van der Waals surface area contributed by atoms with Gasteiger partial charge in [-0.2, -0.15) is 0 Å². The van der Waals surface area contributed by atoms with Crippen molar-refractivity contribution >= 4 is 21.8 Å². The summed E-state index contributed by atoms with van der Waals surface area (Å²) < 4.78 is 26.8. The standard InChI is InChI=1S/C19H29N3O4S/c1-14-9-10-17(11-15(14)2)27(25,26)21-13-18(23)20-12-19(24)22-16-7-5-3-4-6-8-16/h9-11,16,21H,3-8,12-13H2,1-2H3,(H,20,23)(H,22,24). The molecule has 150 valence electrons. The molecule has 3 N–H and O–H groups in total. The van der Waals surface area contributed by atoms with Crippen LogP contribution in [0.25, 0.3) is 0 Å². The minimum atomic E-state index is -3.77. The van der Waals surface area contributed by atoms with Gasteiger partial charge in [-0.15, -0.1) is 0 Å². The quantitative estimate of drug-likeness (QED) is 0.609. The van der Waals surface area contributed by atoms with Crippen LogP contribution in [0.2, 0.25) is 0 Å². The number of nitrogens with one attached hydrogen (secondary N) is 3. The molecule has 0 radical (unpaired) electrons. The van der Waals surface area contributed by atoms with Crippen molar-refractivity contribution in [3.8, 4) is 0 Å². The Morgan fingerprint density at radius 3 is 2.26 bits per heavy atom. The van der Waals surface area contributed by atoms with Gasteiger partial charge in [0.15, 0.2) is 0 Å². The zero-order valence-corrected chi connectivity index (χ0v) is 16.8. The molecule has 2 rings (SSSR count). The number of carbonyl (C=O) groups is 2. The molecule has 0 bridgehead atoms. The minimum Gasteiger partial charge on any atom is -0.352 e. The number of aryl methyl sites for hydroxylation is 2. The zero-order chi connectivity index (χ0) is 19.9. The van der Waals surface area contributed by atoms with Crippen LogP contribution < -0.4 is 15.4 Å². The van der Waals surface area contributed by atoms with Crippen molar-refractivity contribution in [3.63, 3.8) is 0 Å². The maximum Gasteiger partial charge on any atom is 0.241 e. The molecule has 0 aromatic heterocycles. The molecule has 0 aliphatic heterocycles. The number of amides is 2. The summed E-state index contributed by atoms with van der Waals surface area (Å²) in [7, 11) is -3.77. The predicted molar refractivity (Wildman–Crippen MR) is 104 cm³/mol. The van der Waals surface area contributed by atoms with Crippen LogP contribution in [0.1, 0.15) is 49.7 Å². The van der Waals surface area contributed by atoms with E-state index in [1.165, 1.54) is 18.9 Å². The topological polar surface area (TPSA) is 104 Å². The Hall–Kier alpha value is -1.93. The van der Waals surface area contributed by atoms with Crippen LogP contribution in [-0.4, -0.2) is 39.4 Å². The van der Waals surface area contributed by atoms with E-state index in [1.54, 1.807) is 12.1 Å². The van der Waals surface area contributed by atoms with Crippen LogP contribution in [0.3, 0.4) is 0 Å². The van der Waals surface area contributed by atoms with E-state index in [0.29, 0.717) is 0 Å². The Balaban J connectivity index is 1.76. The molecule has 7 nitrogen and oxygen atoms in total. The first-order chi connectivity index (χ1) is 12.8. The Kier molecular flexibility index (Phi) is 7.79. The van der Waals surface area contributed by atoms with Crippen molar-refractivity contribution in [1.29, 1.82) is 0 Å². The molecule has 27 heavy (non-hydrogen) atoms.